The Hall–Kier alpha value is -1.84. The molecular weight excluding hydrogens is 438 g/mol. The molecule has 2 aliphatic heterocycles. The lowest BCUT2D eigenvalue weighted by atomic mass is 10.1. The van der Waals surface area contributed by atoms with Crippen molar-refractivity contribution in [2.75, 3.05) is 10.5 Å². The van der Waals surface area contributed by atoms with Gasteiger partial charge in [0.05, 0.1) is 9.10 Å². The van der Waals surface area contributed by atoms with Gasteiger partial charge in [-0.15, -0.1) is 23.1 Å². The van der Waals surface area contributed by atoms with Crippen molar-refractivity contribution in [3.8, 4) is 5.69 Å². The first-order valence-corrected chi connectivity index (χ1v) is 13.1. The van der Waals surface area contributed by atoms with Gasteiger partial charge in [0.1, 0.15) is 5.69 Å². The highest BCUT2D eigenvalue weighted by molar-refractivity contribution is 8.01. The van der Waals surface area contributed by atoms with E-state index < -0.39 is 15.7 Å². The summed E-state index contributed by atoms with van der Waals surface area (Å²) in [7, 11) is -3.85. The third-order valence-electron chi connectivity index (χ3n) is 4.85. The number of rotatable bonds is 8. The number of nitrogens with zero attached hydrogens (tertiary/aromatic N) is 2. The zero-order chi connectivity index (χ0) is 22.1. The Kier molecular flexibility index (Phi) is 6.94. The van der Waals surface area contributed by atoms with Gasteiger partial charge in [-0.2, -0.15) is 4.98 Å². The predicted molar refractivity (Wildman–Crippen MR) is 125 cm³/mol. The normalized spacial score (nSPS) is 12.1. The van der Waals surface area contributed by atoms with E-state index in [0.29, 0.717) is 11.6 Å². The summed E-state index contributed by atoms with van der Waals surface area (Å²) < 4.78 is 30.8. The van der Waals surface area contributed by atoms with Gasteiger partial charge < -0.3 is 0 Å². The highest BCUT2D eigenvalue weighted by atomic mass is 32.2. The standard InChI is InChI=1S/C21H27N3O3S3/c1-13(2)7-6-12-28-20-18-19(22-21(25)24(18)15(4)16(5)29-20)23-30(26,27)17-10-8-14(3)9-11-17/h8-11,13H,6-7,12H2,1-5H3,(H,22,23,25). The van der Waals surface area contributed by atoms with Gasteiger partial charge in [-0.25, -0.2) is 13.2 Å². The van der Waals surface area contributed by atoms with Gasteiger partial charge in [-0.05, 0) is 51.0 Å². The first-order chi connectivity index (χ1) is 14.1. The first-order valence-electron chi connectivity index (χ1n) is 9.85. The van der Waals surface area contributed by atoms with Crippen LogP contribution in [0.4, 0.5) is 5.82 Å². The van der Waals surface area contributed by atoms with E-state index in [-0.39, 0.29) is 10.7 Å². The van der Waals surface area contributed by atoms with E-state index >= 15 is 0 Å². The van der Waals surface area contributed by atoms with Crippen LogP contribution in [0.2, 0.25) is 0 Å². The number of hydrogen-bond acceptors (Lipinski definition) is 6. The van der Waals surface area contributed by atoms with E-state index in [0.717, 1.165) is 38.9 Å². The lowest BCUT2D eigenvalue weighted by Crippen LogP contribution is -2.17. The van der Waals surface area contributed by atoms with E-state index in [4.69, 9.17) is 0 Å². The molecule has 0 atom stereocenters. The van der Waals surface area contributed by atoms with Crippen molar-refractivity contribution in [2.45, 2.75) is 56.6 Å². The molecular formula is C21H27N3O3S3. The second-order valence-electron chi connectivity index (χ2n) is 7.76. The van der Waals surface area contributed by atoms with Crippen LogP contribution in [-0.2, 0) is 10.0 Å². The number of aryl methyl sites for hydroxylation is 2. The van der Waals surface area contributed by atoms with Crippen LogP contribution in [-0.4, -0.2) is 23.7 Å². The van der Waals surface area contributed by atoms with E-state index in [9.17, 15) is 13.2 Å². The number of hydrogen-bond donors (Lipinski definition) is 1. The highest BCUT2D eigenvalue weighted by Gasteiger charge is 2.26. The summed E-state index contributed by atoms with van der Waals surface area (Å²) >= 11 is 3.22. The van der Waals surface area contributed by atoms with Crippen LogP contribution in [0.15, 0.2) is 38.2 Å². The average Bonchev–Trinajstić information content (AvgIpc) is 2.98. The molecule has 0 aliphatic carbocycles. The van der Waals surface area contributed by atoms with Crippen molar-refractivity contribution in [1.29, 1.82) is 0 Å². The van der Waals surface area contributed by atoms with E-state index in [1.54, 1.807) is 47.4 Å². The van der Waals surface area contributed by atoms with Crippen LogP contribution in [0.25, 0.3) is 5.69 Å². The fraction of sp³-hybridized carbons (Fsp3) is 0.429. The predicted octanol–water partition coefficient (Wildman–Crippen LogP) is 4.99. The van der Waals surface area contributed by atoms with Crippen LogP contribution in [0.3, 0.4) is 0 Å². The Balaban J connectivity index is 2.00. The lowest BCUT2D eigenvalue weighted by molar-refractivity contribution is 0.579. The third-order valence-corrected chi connectivity index (χ3v) is 8.74. The molecule has 30 heavy (non-hydrogen) atoms. The molecule has 2 aliphatic rings. The Morgan fingerprint density at radius 1 is 1.17 bits per heavy atom. The number of imidazole rings is 1. The zero-order valence-corrected chi connectivity index (χ0v) is 20.3. The Bertz CT molecular complexity index is 1160. The first kappa shape index (κ1) is 22.8. The SMILES string of the molecule is Cc1ccc(S(=O)(=O)Nc2nc(=O)n3c(C)c(C)sc(SCCCC(C)C)c2-3)cc1. The summed E-state index contributed by atoms with van der Waals surface area (Å²) in [6.07, 6.45) is 2.18. The van der Waals surface area contributed by atoms with Crippen molar-refractivity contribution in [3.63, 3.8) is 0 Å². The van der Waals surface area contributed by atoms with Crippen LogP contribution in [0, 0.1) is 26.7 Å². The largest absolute Gasteiger partial charge is 0.354 e. The van der Waals surface area contributed by atoms with Gasteiger partial charge in [0.2, 0.25) is 0 Å². The summed E-state index contributed by atoms with van der Waals surface area (Å²) in [5.74, 6) is 1.62. The van der Waals surface area contributed by atoms with Gasteiger partial charge in [0.15, 0.2) is 5.82 Å². The smallest absolute Gasteiger partial charge is 0.261 e. The Labute approximate surface area is 186 Å². The van der Waals surface area contributed by atoms with E-state index in [2.05, 4.69) is 23.6 Å². The van der Waals surface area contributed by atoms with Crippen LogP contribution < -0.4 is 10.4 Å². The number of sulfonamides is 1. The summed E-state index contributed by atoms with van der Waals surface area (Å²) in [5, 5.41) is 0. The molecule has 0 saturated carbocycles. The molecule has 0 aromatic heterocycles. The second kappa shape index (κ2) is 9.11. The van der Waals surface area contributed by atoms with Gasteiger partial charge in [-0.1, -0.05) is 38.0 Å². The molecule has 1 aromatic rings. The fourth-order valence-corrected chi connectivity index (χ4v) is 6.54. The maximum atomic E-state index is 12.9. The molecule has 0 spiro atoms. The maximum Gasteiger partial charge on any atom is 0.354 e. The molecule has 9 heteroatoms. The quantitative estimate of drug-likeness (QED) is 0.375. The summed E-state index contributed by atoms with van der Waals surface area (Å²) in [5.41, 5.74) is 1.82. The minimum atomic E-state index is -3.85. The molecule has 2 heterocycles. The molecule has 0 radical (unpaired) electrons. The number of anilines is 1. The molecule has 162 valence electrons. The molecule has 3 rings (SSSR count). The molecule has 0 fully saturated rings. The summed E-state index contributed by atoms with van der Waals surface area (Å²) in [6.45, 7) is 10.1. The van der Waals surface area contributed by atoms with Gasteiger partial charge in [0, 0.05) is 10.6 Å². The number of thioether (sulfide) groups is 1. The molecule has 0 bridgehead atoms. The molecule has 0 saturated heterocycles. The summed E-state index contributed by atoms with van der Waals surface area (Å²) in [4.78, 5) is 17.8. The number of nitrogens with one attached hydrogen (secondary N) is 1. The zero-order valence-electron chi connectivity index (χ0n) is 17.9. The monoisotopic (exact) mass is 465 g/mol. The highest BCUT2D eigenvalue weighted by Crippen LogP contribution is 2.38. The number of aromatic nitrogens is 2. The Morgan fingerprint density at radius 2 is 1.83 bits per heavy atom. The molecule has 1 N–H and O–H groups in total. The van der Waals surface area contributed by atoms with Crippen molar-refractivity contribution in [1.82, 2.24) is 9.55 Å². The van der Waals surface area contributed by atoms with Gasteiger partial charge >= 0.3 is 5.69 Å². The van der Waals surface area contributed by atoms with Crippen molar-refractivity contribution < 1.29 is 8.42 Å². The fourth-order valence-electron chi connectivity index (χ4n) is 3.05. The molecule has 0 amide bonds. The van der Waals surface area contributed by atoms with Crippen molar-refractivity contribution in [3.05, 3.63) is 50.9 Å². The Morgan fingerprint density at radius 3 is 2.47 bits per heavy atom. The van der Waals surface area contributed by atoms with E-state index in [1.165, 1.54) is 4.57 Å². The summed E-state index contributed by atoms with van der Waals surface area (Å²) in [6, 6.07) is 6.58. The molecule has 0 unspecified atom stereocenters. The lowest BCUT2D eigenvalue weighted by Gasteiger charge is -2.16. The maximum absolute atomic E-state index is 12.9. The second-order valence-corrected chi connectivity index (χ2v) is 12.0. The van der Waals surface area contributed by atoms with Gasteiger partial charge in [-0.3, -0.25) is 9.29 Å². The van der Waals surface area contributed by atoms with Gasteiger partial charge in [0.25, 0.3) is 10.0 Å². The average molecular weight is 466 g/mol. The van der Waals surface area contributed by atoms with Crippen molar-refractivity contribution in [2.24, 2.45) is 5.92 Å². The number of benzene rings is 1. The van der Waals surface area contributed by atoms with Crippen LogP contribution >= 0.6 is 23.1 Å². The third kappa shape index (κ3) is 4.90. The van der Waals surface area contributed by atoms with Crippen LogP contribution in [0.5, 0.6) is 0 Å². The van der Waals surface area contributed by atoms with E-state index in [1.807, 2.05) is 20.8 Å². The minimum Gasteiger partial charge on any atom is -0.261 e. The molecule has 1 aromatic carbocycles. The topological polar surface area (TPSA) is 81.1 Å². The van der Waals surface area contributed by atoms with Crippen LogP contribution in [0.1, 0.15) is 42.8 Å². The molecule has 6 nitrogen and oxygen atoms in total. The number of fused-ring (bicyclic) bond motifs is 1. The van der Waals surface area contributed by atoms with Crippen molar-refractivity contribution >= 4 is 38.9 Å². The minimum absolute atomic E-state index is 0.0892.